The van der Waals surface area contributed by atoms with Crippen molar-refractivity contribution in [3.05, 3.63) is 70.2 Å². The van der Waals surface area contributed by atoms with Gasteiger partial charge in [0.05, 0.1) is 18.0 Å². The van der Waals surface area contributed by atoms with Crippen molar-refractivity contribution >= 4 is 23.2 Å². The van der Waals surface area contributed by atoms with Crippen molar-refractivity contribution in [2.45, 2.75) is 13.8 Å². The van der Waals surface area contributed by atoms with Crippen molar-refractivity contribution in [2.24, 2.45) is 0 Å². The summed E-state index contributed by atoms with van der Waals surface area (Å²) in [4.78, 5) is 4.80. The molecule has 0 unspecified atom stereocenters. The zero-order chi connectivity index (χ0) is 17.1. The predicted molar refractivity (Wildman–Crippen MR) is 101 cm³/mol. The number of hydrogen-bond donors (Lipinski definition) is 0. The molecule has 0 N–H and O–H groups in total. The van der Waals surface area contributed by atoms with Crippen LogP contribution in [0, 0.1) is 6.92 Å². The van der Waals surface area contributed by atoms with Gasteiger partial charge < -0.3 is 4.74 Å². The first-order valence-electron chi connectivity index (χ1n) is 7.74. The Kier molecular flexibility index (Phi) is 5.08. The summed E-state index contributed by atoms with van der Waals surface area (Å²) >= 11 is 12.3. The number of rotatable bonds is 4. The van der Waals surface area contributed by atoms with Crippen LogP contribution in [0.2, 0.25) is 10.0 Å². The minimum Gasteiger partial charge on any atom is -0.494 e. The minimum absolute atomic E-state index is 0.582. The van der Waals surface area contributed by atoms with Crippen molar-refractivity contribution in [1.29, 1.82) is 0 Å². The Hall–Kier alpha value is -2.03. The standard InChI is InChI=1S/C20H17Cl2NO/c1-3-24-17-11-19(14-8-15(21)10-16(22)9-14)23-20(12-17)18-7-5-4-6-13(18)2/h4-12H,3H2,1-2H3. The summed E-state index contributed by atoms with van der Waals surface area (Å²) in [5.74, 6) is 0.775. The average Bonchev–Trinajstić information content (AvgIpc) is 2.54. The molecule has 0 fully saturated rings. The molecule has 1 aromatic heterocycles. The second-order valence-electron chi connectivity index (χ2n) is 5.48. The van der Waals surface area contributed by atoms with Gasteiger partial charge in [-0.25, -0.2) is 4.98 Å². The fourth-order valence-electron chi connectivity index (χ4n) is 2.60. The zero-order valence-corrected chi connectivity index (χ0v) is 15.0. The second-order valence-corrected chi connectivity index (χ2v) is 6.35. The molecule has 0 saturated carbocycles. The van der Waals surface area contributed by atoms with Crippen LogP contribution in [0.1, 0.15) is 12.5 Å². The fourth-order valence-corrected chi connectivity index (χ4v) is 3.13. The third kappa shape index (κ3) is 3.72. The second kappa shape index (κ2) is 7.25. The smallest absolute Gasteiger partial charge is 0.123 e. The number of pyridine rings is 1. The summed E-state index contributed by atoms with van der Waals surface area (Å²) in [6.45, 7) is 4.62. The van der Waals surface area contributed by atoms with Gasteiger partial charge in [-0.2, -0.15) is 0 Å². The molecule has 1 heterocycles. The van der Waals surface area contributed by atoms with E-state index in [0.29, 0.717) is 16.7 Å². The number of ether oxygens (including phenoxy) is 1. The third-order valence-electron chi connectivity index (χ3n) is 3.69. The van der Waals surface area contributed by atoms with E-state index < -0.39 is 0 Å². The Morgan fingerprint density at radius 3 is 2.25 bits per heavy atom. The Morgan fingerprint density at radius 2 is 1.58 bits per heavy atom. The van der Waals surface area contributed by atoms with E-state index in [2.05, 4.69) is 19.1 Å². The molecule has 0 aliphatic carbocycles. The lowest BCUT2D eigenvalue weighted by Crippen LogP contribution is -1.96. The predicted octanol–water partition coefficient (Wildman–Crippen LogP) is 6.43. The van der Waals surface area contributed by atoms with Crippen LogP contribution in [-0.2, 0) is 0 Å². The van der Waals surface area contributed by atoms with Gasteiger partial charge in [-0.15, -0.1) is 0 Å². The number of nitrogens with zero attached hydrogens (tertiary/aromatic N) is 1. The summed E-state index contributed by atoms with van der Waals surface area (Å²) in [5.41, 5.74) is 4.75. The maximum absolute atomic E-state index is 6.14. The quantitative estimate of drug-likeness (QED) is 0.536. The molecule has 0 spiro atoms. The van der Waals surface area contributed by atoms with E-state index in [4.69, 9.17) is 32.9 Å². The van der Waals surface area contributed by atoms with Crippen LogP contribution in [0.3, 0.4) is 0 Å². The summed E-state index contributed by atoms with van der Waals surface area (Å²) in [5, 5.41) is 1.16. The third-order valence-corrected chi connectivity index (χ3v) is 4.13. The van der Waals surface area contributed by atoms with E-state index in [9.17, 15) is 0 Å². The summed E-state index contributed by atoms with van der Waals surface area (Å²) < 4.78 is 5.72. The first kappa shape index (κ1) is 16.8. The van der Waals surface area contributed by atoms with Crippen LogP contribution in [0.25, 0.3) is 22.5 Å². The lowest BCUT2D eigenvalue weighted by Gasteiger charge is -2.12. The van der Waals surface area contributed by atoms with Crippen LogP contribution in [0.15, 0.2) is 54.6 Å². The van der Waals surface area contributed by atoms with Crippen LogP contribution < -0.4 is 4.74 Å². The molecule has 0 saturated heterocycles. The van der Waals surface area contributed by atoms with Crippen LogP contribution in [0.4, 0.5) is 0 Å². The largest absolute Gasteiger partial charge is 0.494 e. The zero-order valence-electron chi connectivity index (χ0n) is 13.5. The van der Waals surface area contributed by atoms with Gasteiger partial charge in [-0.1, -0.05) is 47.5 Å². The van der Waals surface area contributed by atoms with E-state index in [1.54, 1.807) is 6.07 Å². The van der Waals surface area contributed by atoms with Crippen molar-refractivity contribution in [3.8, 4) is 28.3 Å². The van der Waals surface area contributed by atoms with Gasteiger partial charge in [-0.05, 0) is 37.6 Å². The first-order valence-corrected chi connectivity index (χ1v) is 8.50. The molecular formula is C20H17Cl2NO. The molecule has 0 bridgehead atoms. The van der Waals surface area contributed by atoms with Crippen LogP contribution in [-0.4, -0.2) is 11.6 Å². The lowest BCUT2D eigenvalue weighted by molar-refractivity contribution is 0.340. The molecule has 3 aromatic rings. The van der Waals surface area contributed by atoms with Gasteiger partial charge in [-0.3, -0.25) is 0 Å². The molecule has 0 radical (unpaired) electrons. The molecule has 2 nitrogen and oxygen atoms in total. The normalized spacial score (nSPS) is 10.7. The lowest BCUT2D eigenvalue weighted by atomic mass is 10.0. The van der Waals surface area contributed by atoms with Gasteiger partial charge in [0, 0.05) is 33.3 Å². The first-order chi connectivity index (χ1) is 11.6. The molecular weight excluding hydrogens is 341 g/mol. The molecule has 4 heteroatoms. The van der Waals surface area contributed by atoms with E-state index >= 15 is 0 Å². The van der Waals surface area contributed by atoms with E-state index in [-0.39, 0.29) is 0 Å². The molecule has 24 heavy (non-hydrogen) atoms. The van der Waals surface area contributed by atoms with Gasteiger partial charge >= 0.3 is 0 Å². The number of benzene rings is 2. The molecule has 0 aliphatic heterocycles. The van der Waals surface area contributed by atoms with Gasteiger partial charge in [0.15, 0.2) is 0 Å². The van der Waals surface area contributed by atoms with Crippen molar-refractivity contribution in [1.82, 2.24) is 4.98 Å². The number of aromatic nitrogens is 1. The Labute approximate surface area is 152 Å². The molecule has 2 aromatic carbocycles. The highest BCUT2D eigenvalue weighted by Gasteiger charge is 2.10. The Balaban J connectivity index is 2.18. The van der Waals surface area contributed by atoms with E-state index in [1.165, 1.54) is 0 Å². The molecule has 0 aliphatic rings. The van der Waals surface area contributed by atoms with Crippen LogP contribution in [0.5, 0.6) is 5.75 Å². The SMILES string of the molecule is CCOc1cc(-c2cc(Cl)cc(Cl)c2)nc(-c2ccccc2C)c1. The molecule has 0 amide bonds. The van der Waals surface area contributed by atoms with Crippen molar-refractivity contribution < 1.29 is 4.74 Å². The van der Waals surface area contributed by atoms with Crippen molar-refractivity contribution in [3.63, 3.8) is 0 Å². The number of aryl methyl sites for hydroxylation is 1. The molecule has 0 atom stereocenters. The summed E-state index contributed by atoms with van der Waals surface area (Å²) in [6.07, 6.45) is 0. The fraction of sp³-hybridized carbons (Fsp3) is 0.150. The van der Waals surface area contributed by atoms with E-state index in [1.807, 2.05) is 43.3 Å². The van der Waals surface area contributed by atoms with Crippen molar-refractivity contribution in [2.75, 3.05) is 6.61 Å². The van der Waals surface area contributed by atoms with Crippen LogP contribution >= 0.6 is 23.2 Å². The highest BCUT2D eigenvalue weighted by molar-refractivity contribution is 6.35. The molecule has 3 rings (SSSR count). The summed E-state index contributed by atoms with van der Waals surface area (Å²) in [7, 11) is 0. The average molecular weight is 358 g/mol. The summed E-state index contributed by atoms with van der Waals surface area (Å²) in [6, 6.07) is 17.4. The van der Waals surface area contributed by atoms with Gasteiger partial charge in [0.2, 0.25) is 0 Å². The van der Waals surface area contributed by atoms with Gasteiger partial charge in [0.25, 0.3) is 0 Å². The van der Waals surface area contributed by atoms with Gasteiger partial charge in [0.1, 0.15) is 5.75 Å². The number of halogens is 2. The minimum atomic E-state index is 0.582. The highest BCUT2D eigenvalue weighted by atomic mass is 35.5. The Bertz CT molecular complexity index is 857. The monoisotopic (exact) mass is 357 g/mol. The highest BCUT2D eigenvalue weighted by Crippen LogP contribution is 2.32. The number of hydrogen-bond acceptors (Lipinski definition) is 2. The maximum atomic E-state index is 6.14. The topological polar surface area (TPSA) is 22.1 Å². The maximum Gasteiger partial charge on any atom is 0.123 e. The molecule has 122 valence electrons. The van der Waals surface area contributed by atoms with E-state index in [0.717, 1.165) is 33.8 Å². The Morgan fingerprint density at radius 1 is 0.917 bits per heavy atom.